The third-order valence-electron chi connectivity index (χ3n) is 13.2. The molecule has 0 rings (SSSR count). The van der Waals surface area contributed by atoms with Gasteiger partial charge in [0, 0.05) is 19.3 Å². The average molecular weight is 906 g/mol. The van der Waals surface area contributed by atoms with Crippen molar-refractivity contribution in [1.29, 1.82) is 0 Å². The van der Waals surface area contributed by atoms with Crippen LogP contribution in [0.5, 0.6) is 0 Å². The van der Waals surface area contributed by atoms with Gasteiger partial charge in [0.05, 0.1) is 0 Å². The molecule has 0 aromatic carbocycles. The van der Waals surface area contributed by atoms with Gasteiger partial charge in [0.1, 0.15) is 13.2 Å². The van der Waals surface area contributed by atoms with Crippen molar-refractivity contribution in [1.82, 2.24) is 0 Å². The summed E-state index contributed by atoms with van der Waals surface area (Å²) in [6, 6.07) is 0. The molecule has 0 aromatic rings. The van der Waals surface area contributed by atoms with Crippen LogP contribution in [0, 0.1) is 11.8 Å². The molecule has 0 heterocycles. The highest BCUT2D eigenvalue weighted by atomic mass is 16.6. The topological polar surface area (TPSA) is 78.9 Å². The molecule has 0 radical (unpaired) electrons. The third kappa shape index (κ3) is 51.4. The molecule has 0 aliphatic rings. The number of ether oxygens (including phenoxy) is 3. The van der Waals surface area contributed by atoms with Crippen LogP contribution >= 0.6 is 0 Å². The van der Waals surface area contributed by atoms with Crippen LogP contribution in [0.1, 0.15) is 324 Å². The van der Waals surface area contributed by atoms with Crippen molar-refractivity contribution in [3.8, 4) is 0 Å². The van der Waals surface area contributed by atoms with Gasteiger partial charge < -0.3 is 14.2 Å². The molecule has 380 valence electrons. The summed E-state index contributed by atoms with van der Waals surface area (Å²) in [6.45, 7) is 11.4. The lowest BCUT2D eigenvalue weighted by molar-refractivity contribution is -0.167. The Hall–Kier alpha value is -1.59. The summed E-state index contributed by atoms with van der Waals surface area (Å²) in [4.78, 5) is 38.1. The first-order chi connectivity index (χ1) is 31.2. The largest absolute Gasteiger partial charge is 0.462 e. The van der Waals surface area contributed by atoms with Crippen LogP contribution in [0.25, 0.3) is 0 Å². The molecule has 0 saturated heterocycles. The standard InChI is InChI=1S/C58H112O6/c1-6-7-8-9-10-11-12-22-30-35-40-45-50-58(61)64-55(52-63-57(60)49-44-39-34-29-25-24-27-32-37-42-47-54(4)5)51-62-56(59)48-43-38-33-28-23-20-18-16-14-13-15-17-19-21-26-31-36-41-46-53(2)3/h53-55H,6-52H2,1-5H3/t55-/m1/s1. The summed E-state index contributed by atoms with van der Waals surface area (Å²) >= 11 is 0. The zero-order valence-electron chi connectivity index (χ0n) is 43.9. The van der Waals surface area contributed by atoms with E-state index in [1.807, 2.05) is 0 Å². The van der Waals surface area contributed by atoms with E-state index in [2.05, 4.69) is 34.6 Å². The molecular formula is C58H112O6. The molecule has 0 spiro atoms. The van der Waals surface area contributed by atoms with Crippen LogP contribution < -0.4 is 0 Å². The van der Waals surface area contributed by atoms with Crippen molar-refractivity contribution in [2.45, 2.75) is 330 Å². The average Bonchev–Trinajstić information content (AvgIpc) is 3.27. The van der Waals surface area contributed by atoms with Crippen LogP contribution in [-0.2, 0) is 28.6 Å². The van der Waals surface area contributed by atoms with Gasteiger partial charge in [0.25, 0.3) is 0 Å². The van der Waals surface area contributed by atoms with Crippen molar-refractivity contribution >= 4 is 17.9 Å². The van der Waals surface area contributed by atoms with Gasteiger partial charge in [-0.15, -0.1) is 0 Å². The Morgan fingerprint density at radius 3 is 0.766 bits per heavy atom. The van der Waals surface area contributed by atoms with Crippen molar-refractivity contribution in [3.05, 3.63) is 0 Å². The molecule has 0 unspecified atom stereocenters. The zero-order valence-corrected chi connectivity index (χ0v) is 43.9. The quantitative estimate of drug-likeness (QED) is 0.0344. The van der Waals surface area contributed by atoms with E-state index >= 15 is 0 Å². The Morgan fingerprint density at radius 1 is 0.297 bits per heavy atom. The van der Waals surface area contributed by atoms with Gasteiger partial charge in [-0.25, -0.2) is 0 Å². The third-order valence-corrected chi connectivity index (χ3v) is 13.2. The SMILES string of the molecule is CCCCCCCCCCCCCCC(=O)O[C@H](COC(=O)CCCCCCCCCCCCCCCCCCCCC(C)C)COC(=O)CCCCCCCCCCCCC(C)C. The van der Waals surface area contributed by atoms with Crippen molar-refractivity contribution < 1.29 is 28.6 Å². The zero-order chi connectivity index (χ0) is 46.8. The van der Waals surface area contributed by atoms with Gasteiger partial charge in [0.15, 0.2) is 6.10 Å². The fraction of sp³-hybridized carbons (Fsp3) is 0.948. The molecule has 0 bridgehead atoms. The molecule has 0 N–H and O–H groups in total. The lowest BCUT2D eigenvalue weighted by Gasteiger charge is -2.18. The van der Waals surface area contributed by atoms with Gasteiger partial charge >= 0.3 is 17.9 Å². The van der Waals surface area contributed by atoms with Crippen molar-refractivity contribution in [2.24, 2.45) is 11.8 Å². The molecule has 0 aromatic heterocycles. The smallest absolute Gasteiger partial charge is 0.306 e. The second-order valence-corrected chi connectivity index (χ2v) is 20.9. The van der Waals surface area contributed by atoms with E-state index in [1.54, 1.807) is 0 Å². The summed E-state index contributed by atoms with van der Waals surface area (Å²) < 4.78 is 16.9. The van der Waals surface area contributed by atoms with Crippen LogP contribution in [0.2, 0.25) is 0 Å². The molecule has 6 nitrogen and oxygen atoms in total. The number of rotatable bonds is 52. The van der Waals surface area contributed by atoms with Crippen LogP contribution in [0.4, 0.5) is 0 Å². The van der Waals surface area contributed by atoms with E-state index in [-0.39, 0.29) is 31.1 Å². The predicted molar refractivity (Wildman–Crippen MR) is 275 cm³/mol. The van der Waals surface area contributed by atoms with Gasteiger partial charge in [-0.1, -0.05) is 285 Å². The summed E-state index contributed by atoms with van der Waals surface area (Å²) in [5.74, 6) is 0.836. The Balaban J connectivity index is 4.22. The first-order valence-electron chi connectivity index (χ1n) is 28.7. The summed E-state index contributed by atoms with van der Waals surface area (Å²) in [6.07, 6.45) is 53.8. The van der Waals surface area contributed by atoms with Gasteiger partial charge in [-0.3, -0.25) is 14.4 Å². The van der Waals surface area contributed by atoms with E-state index in [0.717, 1.165) is 69.6 Å². The highest BCUT2D eigenvalue weighted by Crippen LogP contribution is 2.18. The van der Waals surface area contributed by atoms with Crippen LogP contribution in [-0.4, -0.2) is 37.2 Å². The van der Waals surface area contributed by atoms with E-state index in [9.17, 15) is 14.4 Å². The number of esters is 3. The normalized spacial score (nSPS) is 12.0. The van der Waals surface area contributed by atoms with Gasteiger partial charge in [0.2, 0.25) is 0 Å². The second-order valence-electron chi connectivity index (χ2n) is 20.9. The summed E-state index contributed by atoms with van der Waals surface area (Å²) in [5, 5.41) is 0. The minimum atomic E-state index is -0.762. The molecule has 0 aliphatic carbocycles. The summed E-state index contributed by atoms with van der Waals surface area (Å²) in [7, 11) is 0. The maximum atomic E-state index is 12.8. The first-order valence-corrected chi connectivity index (χ1v) is 28.7. The number of unbranched alkanes of at least 4 members (excludes halogenated alkanes) is 37. The molecule has 0 aliphatic heterocycles. The van der Waals surface area contributed by atoms with Crippen molar-refractivity contribution in [2.75, 3.05) is 13.2 Å². The first kappa shape index (κ1) is 62.4. The predicted octanol–water partition coefficient (Wildman–Crippen LogP) is 18.9. The molecule has 1 atom stereocenters. The lowest BCUT2D eigenvalue weighted by atomic mass is 10.0. The lowest BCUT2D eigenvalue weighted by Crippen LogP contribution is -2.30. The van der Waals surface area contributed by atoms with E-state index < -0.39 is 6.10 Å². The number of hydrogen-bond acceptors (Lipinski definition) is 6. The Labute approximate surface area is 399 Å². The van der Waals surface area contributed by atoms with E-state index in [0.29, 0.717) is 19.3 Å². The van der Waals surface area contributed by atoms with E-state index in [1.165, 1.54) is 212 Å². The maximum Gasteiger partial charge on any atom is 0.306 e. The highest BCUT2D eigenvalue weighted by Gasteiger charge is 2.19. The van der Waals surface area contributed by atoms with Crippen LogP contribution in [0.15, 0.2) is 0 Å². The number of carbonyl (C=O) groups is 3. The molecule has 0 amide bonds. The highest BCUT2D eigenvalue weighted by molar-refractivity contribution is 5.71. The number of hydrogen-bond donors (Lipinski definition) is 0. The van der Waals surface area contributed by atoms with Gasteiger partial charge in [-0.2, -0.15) is 0 Å². The second kappa shape index (κ2) is 50.8. The fourth-order valence-corrected chi connectivity index (χ4v) is 8.87. The Morgan fingerprint density at radius 2 is 0.516 bits per heavy atom. The molecule has 6 heteroatoms. The molecular weight excluding hydrogens is 793 g/mol. The van der Waals surface area contributed by atoms with E-state index in [4.69, 9.17) is 14.2 Å². The Kier molecular flexibility index (Phi) is 49.6. The van der Waals surface area contributed by atoms with Crippen LogP contribution in [0.3, 0.4) is 0 Å². The fourth-order valence-electron chi connectivity index (χ4n) is 8.87. The Bertz CT molecular complexity index is 978. The maximum absolute atomic E-state index is 12.8. The van der Waals surface area contributed by atoms with Crippen molar-refractivity contribution in [3.63, 3.8) is 0 Å². The molecule has 0 fully saturated rings. The molecule has 64 heavy (non-hydrogen) atoms. The summed E-state index contributed by atoms with van der Waals surface area (Å²) in [5.41, 5.74) is 0. The minimum Gasteiger partial charge on any atom is -0.462 e. The monoisotopic (exact) mass is 905 g/mol. The minimum absolute atomic E-state index is 0.0628. The molecule has 0 saturated carbocycles. The number of carbonyl (C=O) groups excluding carboxylic acids is 3. The van der Waals surface area contributed by atoms with Gasteiger partial charge in [-0.05, 0) is 31.1 Å².